The second kappa shape index (κ2) is 3.08. The normalized spacial score (nSPS) is 11.5. The second-order valence-corrected chi connectivity index (χ2v) is 3.75. The van der Waals surface area contributed by atoms with Gasteiger partial charge in [-0.25, -0.2) is 14.3 Å². The molecule has 0 aliphatic heterocycles. The van der Waals surface area contributed by atoms with Crippen LogP contribution in [0.4, 0.5) is 0 Å². The molecule has 2 N–H and O–H groups in total. The third-order valence-corrected chi connectivity index (χ3v) is 2.23. The van der Waals surface area contributed by atoms with E-state index in [1.807, 2.05) is 13.8 Å². The summed E-state index contributed by atoms with van der Waals surface area (Å²) < 4.78 is 1.41. The number of H-pyrrole nitrogens is 1. The minimum Gasteiger partial charge on any atom is -0.476 e. The molecular weight excluding hydrogens is 196 g/mol. The molecule has 0 atom stereocenters. The lowest BCUT2D eigenvalue weighted by Gasteiger charge is -1.97. The van der Waals surface area contributed by atoms with Crippen LogP contribution >= 0.6 is 0 Å². The first-order valence-electron chi connectivity index (χ1n) is 4.69. The van der Waals surface area contributed by atoms with Crippen molar-refractivity contribution in [1.82, 2.24) is 19.6 Å². The van der Waals surface area contributed by atoms with E-state index in [4.69, 9.17) is 5.11 Å². The van der Waals surface area contributed by atoms with Gasteiger partial charge in [0.15, 0.2) is 5.69 Å². The zero-order valence-electron chi connectivity index (χ0n) is 8.77. The highest BCUT2D eigenvalue weighted by atomic mass is 16.4. The highest BCUT2D eigenvalue weighted by Gasteiger charge is 2.19. The monoisotopic (exact) mass is 208 g/mol. The first-order valence-corrected chi connectivity index (χ1v) is 4.69. The molecule has 6 nitrogen and oxygen atoms in total. The molecule has 0 bridgehead atoms. The largest absolute Gasteiger partial charge is 0.476 e. The zero-order valence-corrected chi connectivity index (χ0v) is 8.77. The number of aromatic nitrogens is 4. The molecule has 0 aromatic carbocycles. The number of hydrogen-bond donors (Lipinski definition) is 2. The highest BCUT2D eigenvalue weighted by molar-refractivity contribution is 5.87. The van der Waals surface area contributed by atoms with Crippen molar-refractivity contribution in [2.24, 2.45) is 0 Å². The topological polar surface area (TPSA) is 83.3 Å². The molecule has 0 saturated heterocycles. The summed E-state index contributed by atoms with van der Waals surface area (Å²) in [7, 11) is 0. The van der Waals surface area contributed by atoms with Crippen LogP contribution in [0.3, 0.4) is 0 Å². The van der Waals surface area contributed by atoms with Gasteiger partial charge in [0.2, 0.25) is 0 Å². The fourth-order valence-electron chi connectivity index (χ4n) is 1.45. The molecule has 15 heavy (non-hydrogen) atoms. The minimum absolute atomic E-state index is 0.143. The average Bonchev–Trinajstić information content (AvgIpc) is 2.58. The average molecular weight is 208 g/mol. The number of imidazole rings is 1. The number of nitrogens with one attached hydrogen (secondary N) is 1. The summed E-state index contributed by atoms with van der Waals surface area (Å²) in [6, 6.07) is 0. The van der Waals surface area contributed by atoms with Crippen molar-refractivity contribution >= 4 is 11.7 Å². The standard InChI is InChI=1S/C9H12N4O2/c1-4(2)7-11-9-10-5(3)6(8(14)15)13(9)12-7/h4H,1-3H3,(H,14,15)(H,10,11,12). The number of aromatic carboxylic acids is 1. The Morgan fingerprint density at radius 3 is 2.67 bits per heavy atom. The number of carboxylic acid groups (broad SMARTS) is 1. The van der Waals surface area contributed by atoms with Crippen molar-refractivity contribution in [3.63, 3.8) is 0 Å². The first kappa shape index (κ1) is 9.70. The predicted molar refractivity (Wildman–Crippen MR) is 53.1 cm³/mol. The summed E-state index contributed by atoms with van der Waals surface area (Å²) in [5, 5.41) is 11.9. The number of hydrogen-bond acceptors (Lipinski definition) is 3. The van der Waals surface area contributed by atoms with Gasteiger partial charge in [-0.2, -0.15) is 4.98 Å². The van der Waals surface area contributed by atoms with E-state index in [0.717, 1.165) is 5.82 Å². The fraction of sp³-hybridized carbons (Fsp3) is 0.444. The second-order valence-electron chi connectivity index (χ2n) is 3.75. The van der Waals surface area contributed by atoms with Gasteiger partial charge in [-0.15, -0.1) is 0 Å². The van der Waals surface area contributed by atoms with Gasteiger partial charge in [0, 0.05) is 5.92 Å². The molecule has 0 amide bonds. The van der Waals surface area contributed by atoms with Crippen molar-refractivity contribution < 1.29 is 9.90 Å². The van der Waals surface area contributed by atoms with Crippen LogP contribution in [-0.4, -0.2) is 30.7 Å². The third kappa shape index (κ3) is 1.38. The van der Waals surface area contributed by atoms with E-state index >= 15 is 0 Å². The molecule has 0 fully saturated rings. The first-order chi connectivity index (χ1) is 7.00. The number of aryl methyl sites for hydroxylation is 1. The van der Waals surface area contributed by atoms with Gasteiger partial charge in [-0.3, -0.25) is 5.10 Å². The molecule has 0 aliphatic rings. The number of fused-ring (bicyclic) bond motifs is 1. The minimum atomic E-state index is -1.00. The van der Waals surface area contributed by atoms with Gasteiger partial charge in [-0.05, 0) is 6.92 Å². The molecule has 80 valence electrons. The molecule has 0 aliphatic carbocycles. The summed E-state index contributed by atoms with van der Waals surface area (Å²) in [6.07, 6.45) is 0. The van der Waals surface area contributed by atoms with E-state index in [1.54, 1.807) is 6.92 Å². The van der Waals surface area contributed by atoms with Gasteiger partial charge in [0.25, 0.3) is 5.78 Å². The maximum absolute atomic E-state index is 11.0. The molecule has 0 radical (unpaired) electrons. The number of carbonyl (C=O) groups is 1. The Labute approximate surface area is 85.9 Å². The molecule has 0 spiro atoms. The Hall–Kier alpha value is -1.85. The Bertz CT molecular complexity index is 523. The van der Waals surface area contributed by atoms with Crippen LogP contribution in [0, 0.1) is 6.92 Å². The van der Waals surface area contributed by atoms with Gasteiger partial charge >= 0.3 is 5.97 Å². The van der Waals surface area contributed by atoms with Crippen LogP contribution in [0.25, 0.3) is 5.78 Å². The molecule has 2 rings (SSSR count). The van der Waals surface area contributed by atoms with Gasteiger partial charge in [-0.1, -0.05) is 13.8 Å². The summed E-state index contributed by atoms with van der Waals surface area (Å²) in [4.78, 5) is 19.3. The highest BCUT2D eigenvalue weighted by Crippen LogP contribution is 2.14. The Morgan fingerprint density at radius 1 is 1.47 bits per heavy atom. The lowest BCUT2D eigenvalue weighted by molar-refractivity contribution is 0.0687. The van der Waals surface area contributed by atoms with Crippen LogP contribution in [0.5, 0.6) is 0 Å². The fourth-order valence-corrected chi connectivity index (χ4v) is 1.45. The SMILES string of the molecule is Cc1nc2nc(C(C)C)[nH]n2c1C(=O)O. The van der Waals surface area contributed by atoms with Crippen molar-refractivity contribution in [3.05, 3.63) is 17.2 Å². The Kier molecular flexibility index (Phi) is 1.99. The van der Waals surface area contributed by atoms with Crippen molar-refractivity contribution in [2.75, 3.05) is 0 Å². The lowest BCUT2D eigenvalue weighted by Crippen LogP contribution is -2.05. The van der Waals surface area contributed by atoms with Crippen molar-refractivity contribution in [3.8, 4) is 0 Å². The molecular formula is C9H12N4O2. The van der Waals surface area contributed by atoms with Gasteiger partial charge in [0.1, 0.15) is 5.82 Å². The number of aromatic amines is 1. The maximum Gasteiger partial charge on any atom is 0.356 e. The molecule has 2 aromatic heterocycles. The molecule has 2 aromatic rings. The predicted octanol–water partition coefficient (Wildman–Crippen LogP) is 1.19. The van der Waals surface area contributed by atoms with Crippen molar-refractivity contribution in [2.45, 2.75) is 26.7 Å². The summed E-state index contributed by atoms with van der Waals surface area (Å²) in [6.45, 7) is 5.61. The van der Waals surface area contributed by atoms with Crippen LogP contribution in [-0.2, 0) is 0 Å². The van der Waals surface area contributed by atoms with Gasteiger partial charge in [0.05, 0.1) is 5.69 Å². The third-order valence-electron chi connectivity index (χ3n) is 2.23. The quantitative estimate of drug-likeness (QED) is 0.776. The smallest absolute Gasteiger partial charge is 0.356 e. The number of rotatable bonds is 2. The van der Waals surface area contributed by atoms with E-state index in [9.17, 15) is 4.79 Å². The number of carboxylic acids is 1. The Morgan fingerprint density at radius 2 is 2.13 bits per heavy atom. The van der Waals surface area contributed by atoms with Gasteiger partial charge < -0.3 is 5.11 Å². The van der Waals surface area contributed by atoms with E-state index in [0.29, 0.717) is 11.5 Å². The zero-order chi connectivity index (χ0) is 11.2. The Balaban J connectivity index is 2.69. The van der Waals surface area contributed by atoms with Crippen LogP contribution in [0.2, 0.25) is 0 Å². The van der Waals surface area contributed by atoms with Crippen molar-refractivity contribution in [1.29, 1.82) is 0 Å². The van der Waals surface area contributed by atoms with E-state index in [1.165, 1.54) is 4.52 Å². The molecule has 0 unspecified atom stereocenters. The molecule has 0 saturated carbocycles. The molecule has 6 heteroatoms. The summed E-state index contributed by atoms with van der Waals surface area (Å²) >= 11 is 0. The summed E-state index contributed by atoms with van der Waals surface area (Å²) in [5.41, 5.74) is 0.612. The van der Waals surface area contributed by atoms with Crippen LogP contribution in [0.1, 0.15) is 41.8 Å². The molecule has 2 heterocycles. The maximum atomic E-state index is 11.0. The van der Waals surface area contributed by atoms with E-state index in [2.05, 4.69) is 15.1 Å². The van der Waals surface area contributed by atoms with Crippen LogP contribution < -0.4 is 0 Å². The summed E-state index contributed by atoms with van der Waals surface area (Å²) in [5.74, 6) is 0.362. The van der Waals surface area contributed by atoms with E-state index in [-0.39, 0.29) is 11.6 Å². The lowest BCUT2D eigenvalue weighted by atomic mass is 10.2. The van der Waals surface area contributed by atoms with Crippen LogP contribution in [0.15, 0.2) is 0 Å². The van der Waals surface area contributed by atoms with E-state index < -0.39 is 5.97 Å². The number of nitrogens with zero attached hydrogens (tertiary/aromatic N) is 3.